The maximum absolute atomic E-state index is 12.4. The zero-order valence-electron chi connectivity index (χ0n) is 12.8. The lowest BCUT2D eigenvalue weighted by Crippen LogP contribution is -2.50. The zero-order valence-corrected chi connectivity index (χ0v) is 12.8. The minimum Gasteiger partial charge on any atom is -0.469 e. The van der Waals surface area contributed by atoms with Crippen LogP contribution in [0, 0.1) is 5.92 Å². The van der Waals surface area contributed by atoms with E-state index >= 15 is 0 Å². The minimum absolute atomic E-state index is 0.0702. The molecule has 6 nitrogen and oxygen atoms in total. The van der Waals surface area contributed by atoms with E-state index in [0.29, 0.717) is 32.5 Å². The third-order valence-corrected chi connectivity index (χ3v) is 4.68. The standard InChI is InChI=1S/C15H26N2O4/c1-21-15(20)12-5-8-16(9-6-12)14(19)10-17-7-3-2-4-13(17)11-18/h12-13,18H,2-11H2,1H3. The molecular formula is C15H26N2O4. The second-order valence-electron chi connectivity index (χ2n) is 5.98. The molecule has 120 valence electrons. The van der Waals surface area contributed by atoms with Crippen LogP contribution in [0.5, 0.6) is 0 Å². The van der Waals surface area contributed by atoms with Gasteiger partial charge in [-0.1, -0.05) is 6.42 Å². The number of piperidine rings is 2. The van der Waals surface area contributed by atoms with Gasteiger partial charge in [-0.05, 0) is 32.2 Å². The number of amides is 1. The summed E-state index contributed by atoms with van der Waals surface area (Å²) in [7, 11) is 1.41. The molecular weight excluding hydrogens is 272 g/mol. The molecule has 0 radical (unpaired) electrons. The van der Waals surface area contributed by atoms with Crippen LogP contribution in [0.4, 0.5) is 0 Å². The van der Waals surface area contributed by atoms with E-state index in [-0.39, 0.29) is 30.4 Å². The predicted molar refractivity (Wildman–Crippen MR) is 77.6 cm³/mol. The van der Waals surface area contributed by atoms with E-state index in [9.17, 15) is 14.7 Å². The summed E-state index contributed by atoms with van der Waals surface area (Å²) >= 11 is 0. The second kappa shape index (κ2) is 7.75. The molecule has 0 spiro atoms. The lowest BCUT2D eigenvalue weighted by atomic mass is 9.97. The van der Waals surface area contributed by atoms with Crippen molar-refractivity contribution in [3.63, 3.8) is 0 Å². The smallest absolute Gasteiger partial charge is 0.308 e. The molecule has 2 saturated heterocycles. The van der Waals surface area contributed by atoms with Crippen molar-refractivity contribution in [2.75, 3.05) is 39.9 Å². The highest BCUT2D eigenvalue weighted by Gasteiger charge is 2.30. The van der Waals surface area contributed by atoms with Gasteiger partial charge in [-0.3, -0.25) is 14.5 Å². The van der Waals surface area contributed by atoms with Gasteiger partial charge in [0.05, 0.1) is 26.2 Å². The maximum atomic E-state index is 12.4. The zero-order chi connectivity index (χ0) is 15.2. The third-order valence-electron chi connectivity index (χ3n) is 4.68. The highest BCUT2D eigenvalue weighted by molar-refractivity contribution is 5.79. The second-order valence-corrected chi connectivity index (χ2v) is 5.98. The molecule has 0 aromatic rings. The molecule has 0 aromatic heterocycles. The number of aliphatic hydroxyl groups is 1. The van der Waals surface area contributed by atoms with Crippen molar-refractivity contribution in [3.05, 3.63) is 0 Å². The number of nitrogens with zero attached hydrogens (tertiary/aromatic N) is 2. The summed E-state index contributed by atoms with van der Waals surface area (Å²) in [6.07, 6.45) is 4.55. The number of carbonyl (C=O) groups is 2. The number of methoxy groups -OCH3 is 1. The van der Waals surface area contributed by atoms with Gasteiger partial charge in [-0.25, -0.2) is 0 Å². The van der Waals surface area contributed by atoms with E-state index in [1.807, 2.05) is 4.90 Å². The van der Waals surface area contributed by atoms with Crippen molar-refractivity contribution in [2.24, 2.45) is 5.92 Å². The average molecular weight is 298 g/mol. The molecule has 2 heterocycles. The number of hydrogen-bond donors (Lipinski definition) is 1. The van der Waals surface area contributed by atoms with Crippen molar-refractivity contribution in [3.8, 4) is 0 Å². The molecule has 1 N–H and O–H groups in total. The van der Waals surface area contributed by atoms with Crippen LogP contribution in [0.2, 0.25) is 0 Å². The summed E-state index contributed by atoms with van der Waals surface area (Å²) in [5, 5.41) is 9.39. The van der Waals surface area contributed by atoms with Crippen LogP contribution in [-0.4, -0.2) is 72.7 Å². The molecule has 1 unspecified atom stereocenters. The van der Waals surface area contributed by atoms with Gasteiger partial charge in [0.15, 0.2) is 0 Å². The Kier molecular flexibility index (Phi) is 5.99. The number of hydrogen-bond acceptors (Lipinski definition) is 5. The highest BCUT2D eigenvalue weighted by Crippen LogP contribution is 2.20. The first-order valence-corrected chi connectivity index (χ1v) is 7.86. The van der Waals surface area contributed by atoms with Gasteiger partial charge in [0.1, 0.15) is 0 Å². The van der Waals surface area contributed by atoms with Crippen LogP contribution in [0.15, 0.2) is 0 Å². The predicted octanol–water partition coefficient (Wildman–Crippen LogP) is 0.245. The van der Waals surface area contributed by atoms with Crippen molar-refractivity contribution >= 4 is 11.9 Å². The van der Waals surface area contributed by atoms with Crippen molar-refractivity contribution in [1.82, 2.24) is 9.80 Å². The summed E-state index contributed by atoms with van der Waals surface area (Å²) < 4.78 is 4.76. The van der Waals surface area contributed by atoms with Crippen LogP contribution in [0.3, 0.4) is 0 Å². The molecule has 0 saturated carbocycles. The lowest BCUT2D eigenvalue weighted by molar-refractivity contribution is -0.149. The van der Waals surface area contributed by atoms with E-state index in [1.54, 1.807) is 0 Å². The van der Waals surface area contributed by atoms with E-state index < -0.39 is 0 Å². The first-order valence-electron chi connectivity index (χ1n) is 7.86. The van der Waals surface area contributed by atoms with Gasteiger partial charge < -0.3 is 14.7 Å². The third kappa shape index (κ3) is 4.17. The summed E-state index contributed by atoms with van der Waals surface area (Å²) in [6.45, 7) is 2.63. The minimum atomic E-state index is -0.168. The summed E-state index contributed by atoms with van der Waals surface area (Å²) in [6, 6.07) is 0.121. The first-order chi connectivity index (χ1) is 10.2. The number of ether oxygens (including phenoxy) is 1. The monoisotopic (exact) mass is 298 g/mol. The van der Waals surface area contributed by atoms with Crippen LogP contribution < -0.4 is 0 Å². The Balaban J connectivity index is 1.80. The quantitative estimate of drug-likeness (QED) is 0.753. The average Bonchev–Trinajstić information content (AvgIpc) is 2.54. The topological polar surface area (TPSA) is 70.1 Å². The molecule has 6 heteroatoms. The van der Waals surface area contributed by atoms with Crippen molar-refractivity contribution < 1.29 is 19.4 Å². The van der Waals surface area contributed by atoms with Crippen LogP contribution in [0.1, 0.15) is 32.1 Å². The van der Waals surface area contributed by atoms with E-state index in [4.69, 9.17) is 4.74 Å². The van der Waals surface area contributed by atoms with Crippen LogP contribution in [-0.2, 0) is 14.3 Å². The normalized spacial score (nSPS) is 24.9. The summed E-state index contributed by atoms with van der Waals surface area (Å²) in [4.78, 5) is 27.8. The highest BCUT2D eigenvalue weighted by atomic mass is 16.5. The molecule has 0 aromatic carbocycles. The van der Waals surface area contributed by atoms with Gasteiger partial charge >= 0.3 is 5.97 Å². The van der Waals surface area contributed by atoms with Gasteiger partial charge in [-0.15, -0.1) is 0 Å². The van der Waals surface area contributed by atoms with Gasteiger partial charge in [-0.2, -0.15) is 0 Å². The fraction of sp³-hybridized carbons (Fsp3) is 0.867. The molecule has 2 rings (SSSR count). The molecule has 1 atom stereocenters. The number of aliphatic hydroxyl groups excluding tert-OH is 1. The molecule has 0 aliphatic carbocycles. The Hall–Kier alpha value is -1.14. The number of rotatable bonds is 4. The summed E-state index contributed by atoms with van der Waals surface area (Å²) in [5.41, 5.74) is 0. The molecule has 2 aliphatic rings. The lowest BCUT2D eigenvalue weighted by Gasteiger charge is -2.37. The Labute approximate surface area is 126 Å². The van der Waals surface area contributed by atoms with Gasteiger partial charge in [0.25, 0.3) is 0 Å². The van der Waals surface area contributed by atoms with Crippen molar-refractivity contribution in [1.29, 1.82) is 0 Å². The number of carbonyl (C=O) groups excluding carboxylic acids is 2. The Bertz CT molecular complexity index is 367. The maximum Gasteiger partial charge on any atom is 0.308 e. The number of likely N-dealkylation sites (tertiary alicyclic amines) is 2. The van der Waals surface area contributed by atoms with E-state index in [2.05, 4.69) is 4.90 Å². The Morgan fingerprint density at radius 2 is 1.86 bits per heavy atom. The van der Waals surface area contributed by atoms with Crippen LogP contribution in [0.25, 0.3) is 0 Å². The van der Waals surface area contributed by atoms with Gasteiger partial charge in [0.2, 0.25) is 5.91 Å². The van der Waals surface area contributed by atoms with E-state index in [1.165, 1.54) is 7.11 Å². The molecule has 0 bridgehead atoms. The Morgan fingerprint density at radius 1 is 1.14 bits per heavy atom. The van der Waals surface area contributed by atoms with Crippen molar-refractivity contribution in [2.45, 2.75) is 38.1 Å². The fourth-order valence-corrected chi connectivity index (χ4v) is 3.28. The van der Waals surface area contributed by atoms with E-state index in [0.717, 1.165) is 25.8 Å². The van der Waals surface area contributed by atoms with Gasteiger partial charge in [0, 0.05) is 19.1 Å². The molecule has 2 aliphatic heterocycles. The molecule has 21 heavy (non-hydrogen) atoms. The summed E-state index contributed by atoms with van der Waals surface area (Å²) in [5.74, 6) is -0.128. The fourth-order valence-electron chi connectivity index (χ4n) is 3.28. The SMILES string of the molecule is COC(=O)C1CCN(C(=O)CN2CCCCC2CO)CC1. The number of esters is 1. The molecule has 2 fully saturated rings. The largest absolute Gasteiger partial charge is 0.469 e. The Morgan fingerprint density at radius 3 is 2.48 bits per heavy atom. The first kappa shape index (κ1) is 16.2. The molecule has 1 amide bonds. The van der Waals surface area contributed by atoms with Crippen LogP contribution >= 0.6 is 0 Å².